The van der Waals surface area contributed by atoms with E-state index in [1.54, 1.807) is 28.7 Å². The average molecular weight is 332 g/mol. The maximum Gasteiger partial charge on any atom is 0.338 e. The summed E-state index contributed by atoms with van der Waals surface area (Å²) in [6.45, 7) is 0. The van der Waals surface area contributed by atoms with Crippen LogP contribution in [0.5, 0.6) is 0 Å². The number of fused-ring (bicyclic) bond motifs is 3. The Morgan fingerprint density at radius 1 is 1.09 bits per heavy atom. The number of rotatable bonds is 3. The highest BCUT2D eigenvalue weighted by atomic mass is 32.2. The molecule has 1 aromatic carbocycles. The van der Waals surface area contributed by atoms with E-state index in [1.165, 1.54) is 18.3 Å². The fraction of sp³-hybridized carbons (Fsp3) is 0.0667. The number of carbonyl (C=O) groups is 2. The van der Waals surface area contributed by atoms with Gasteiger partial charge in [-0.05, 0) is 18.2 Å². The first-order valence-corrected chi connectivity index (χ1v) is 8.45. The van der Waals surface area contributed by atoms with Crippen LogP contribution in [0.25, 0.3) is 16.4 Å². The van der Waals surface area contributed by atoms with E-state index >= 15 is 0 Å². The normalized spacial score (nSPS) is 11.7. The lowest BCUT2D eigenvalue weighted by Gasteiger charge is -2.04. The van der Waals surface area contributed by atoms with E-state index in [4.69, 9.17) is 0 Å². The minimum absolute atomic E-state index is 0.112. The van der Waals surface area contributed by atoms with Gasteiger partial charge in [-0.1, -0.05) is 18.2 Å². The summed E-state index contributed by atoms with van der Waals surface area (Å²) in [5, 5.41) is 9.97. The number of aromatic carboxylic acids is 1. The molecule has 0 saturated carbocycles. The number of aromatic nitrogens is 1. The first-order chi connectivity index (χ1) is 10.8. The summed E-state index contributed by atoms with van der Waals surface area (Å²) in [5.74, 6) is -1.85. The topological polar surface area (TPSA) is 105 Å². The molecule has 2 heterocycles. The number of hydrogen-bond donors (Lipinski definition) is 2. The van der Waals surface area contributed by atoms with Crippen LogP contribution in [0.4, 0.5) is 0 Å². The molecule has 1 amide bonds. The van der Waals surface area contributed by atoms with Gasteiger partial charge in [0.05, 0.1) is 28.4 Å². The molecule has 0 fully saturated rings. The molecule has 8 heteroatoms. The molecular weight excluding hydrogens is 320 g/mol. The van der Waals surface area contributed by atoms with Crippen molar-refractivity contribution >= 4 is 38.3 Å². The van der Waals surface area contributed by atoms with Crippen LogP contribution >= 0.6 is 0 Å². The lowest BCUT2D eigenvalue weighted by molar-refractivity contribution is 0.0701. The Morgan fingerprint density at radius 3 is 2.43 bits per heavy atom. The summed E-state index contributed by atoms with van der Waals surface area (Å²) < 4.78 is 25.8. The number of hydrogen-bond acceptors (Lipinski definition) is 4. The standard InChI is InChI=1S/C15H12N2O5S/c1-23(21,22)16-14(18)9-6-7-12-13(15(19)20)10-4-2-3-5-11(10)17(12)8-9/h2-8H,1H3,(H,16,18)(H,19,20). The largest absolute Gasteiger partial charge is 0.478 e. The third-order valence-electron chi connectivity index (χ3n) is 3.39. The van der Waals surface area contributed by atoms with Gasteiger partial charge in [0.15, 0.2) is 0 Å². The zero-order chi connectivity index (χ0) is 16.8. The Morgan fingerprint density at radius 2 is 1.78 bits per heavy atom. The predicted molar refractivity (Wildman–Crippen MR) is 84.2 cm³/mol. The monoisotopic (exact) mass is 332 g/mol. The summed E-state index contributed by atoms with van der Waals surface area (Å²) in [5.41, 5.74) is 1.29. The maximum absolute atomic E-state index is 12.0. The number of carboxylic acids is 1. The Labute approximate surface area is 131 Å². The molecule has 0 radical (unpaired) electrons. The zero-order valence-corrected chi connectivity index (χ0v) is 12.8. The molecule has 0 aliphatic heterocycles. The van der Waals surface area contributed by atoms with E-state index < -0.39 is 21.9 Å². The van der Waals surface area contributed by atoms with Crippen molar-refractivity contribution < 1.29 is 23.1 Å². The van der Waals surface area contributed by atoms with Gasteiger partial charge in [-0.15, -0.1) is 0 Å². The molecule has 2 aromatic heterocycles. The second-order valence-electron chi connectivity index (χ2n) is 5.07. The van der Waals surface area contributed by atoms with Gasteiger partial charge in [-0.2, -0.15) is 0 Å². The number of sulfonamides is 1. The highest BCUT2D eigenvalue weighted by molar-refractivity contribution is 7.89. The SMILES string of the molecule is CS(=O)(=O)NC(=O)c1ccc2c(C(=O)O)c3ccccc3n2c1. The molecule has 3 aromatic rings. The first-order valence-electron chi connectivity index (χ1n) is 6.56. The maximum atomic E-state index is 12.0. The van der Waals surface area contributed by atoms with E-state index in [0.29, 0.717) is 16.4 Å². The van der Waals surface area contributed by atoms with E-state index in [0.717, 1.165) is 6.26 Å². The van der Waals surface area contributed by atoms with E-state index in [9.17, 15) is 23.1 Å². The molecule has 0 saturated heterocycles. The highest BCUT2D eigenvalue weighted by Gasteiger charge is 2.19. The zero-order valence-electron chi connectivity index (χ0n) is 12.0. The number of para-hydroxylation sites is 1. The van der Waals surface area contributed by atoms with Crippen LogP contribution in [-0.4, -0.2) is 36.1 Å². The summed E-state index contributed by atoms with van der Waals surface area (Å²) in [7, 11) is -3.68. The van der Waals surface area contributed by atoms with Gasteiger partial charge in [-0.3, -0.25) is 4.79 Å². The van der Waals surface area contributed by atoms with Gasteiger partial charge >= 0.3 is 5.97 Å². The van der Waals surface area contributed by atoms with Crippen LogP contribution in [0.3, 0.4) is 0 Å². The Hall–Kier alpha value is -2.87. The lowest BCUT2D eigenvalue weighted by atomic mass is 10.1. The van der Waals surface area contributed by atoms with Crippen LogP contribution in [-0.2, 0) is 10.0 Å². The van der Waals surface area contributed by atoms with Crippen molar-refractivity contribution in [2.75, 3.05) is 6.26 Å². The summed E-state index contributed by atoms with van der Waals surface area (Å²) in [4.78, 5) is 23.5. The van der Waals surface area contributed by atoms with Crippen molar-refractivity contribution in [1.82, 2.24) is 9.12 Å². The van der Waals surface area contributed by atoms with Crippen molar-refractivity contribution in [2.45, 2.75) is 0 Å². The molecule has 0 unspecified atom stereocenters. The lowest BCUT2D eigenvalue weighted by Crippen LogP contribution is -2.29. The molecule has 7 nitrogen and oxygen atoms in total. The van der Waals surface area contributed by atoms with Crippen molar-refractivity contribution in [3.8, 4) is 0 Å². The number of nitrogens with zero attached hydrogens (tertiary/aromatic N) is 1. The summed E-state index contributed by atoms with van der Waals surface area (Å²) in [6.07, 6.45) is 2.31. The van der Waals surface area contributed by atoms with Crippen LogP contribution in [0, 0.1) is 0 Å². The third-order valence-corrected chi connectivity index (χ3v) is 3.95. The Kier molecular flexibility index (Phi) is 3.33. The molecule has 0 bridgehead atoms. The molecule has 0 aliphatic carbocycles. The van der Waals surface area contributed by atoms with Crippen molar-refractivity contribution in [1.29, 1.82) is 0 Å². The predicted octanol–water partition coefficient (Wildman–Crippen LogP) is 1.48. The van der Waals surface area contributed by atoms with Gasteiger partial charge < -0.3 is 9.51 Å². The quantitative estimate of drug-likeness (QED) is 0.756. The van der Waals surface area contributed by atoms with Crippen LogP contribution in [0.2, 0.25) is 0 Å². The molecular formula is C15H12N2O5S. The minimum Gasteiger partial charge on any atom is -0.478 e. The van der Waals surface area contributed by atoms with Crippen molar-refractivity contribution in [3.63, 3.8) is 0 Å². The van der Waals surface area contributed by atoms with Crippen LogP contribution in [0.1, 0.15) is 20.7 Å². The second kappa shape index (κ2) is 5.10. The third kappa shape index (κ3) is 2.64. The van der Waals surface area contributed by atoms with E-state index in [-0.39, 0.29) is 11.1 Å². The second-order valence-corrected chi connectivity index (χ2v) is 6.82. The van der Waals surface area contributed by atoms with Gasteiger partial charge in [0, 0.05) is 11.6 Å². The van der Waals surface area contributed by atoms with Gasteiger partial charge in [0.2, 0.25) is 10.0 Å². The summed E-state index contributed by atoms with van der Waals surface area (Å²) in [6, 6.07) is 9.77. The molecule has 118 valence electrons. The molecule has 0 atom stereocenters. The van der Waals surface area contributed by atoms with Crippen molar-refractivity contribution in [3.05, 3.63) is 53.7 Å². The minimum atomic E-state index is -3.68. The van der Waals surface area contributed by atoms with Crippen LogP contribution in [0.15, 0.2) is 42.6 Å². The smallest absolute Gasteiger partial charge is 0.338 e. The number of carboxylic acid groups (broad SMARTS) is 1. The van der Waals surface area contributed by atoms with Gasteiger partial charge in [0.25, 0.3) is 5.91 Å². The molecule has 2 N–H and O–H groups in total. The number of amides is 1. The van der Waals surface area contributed by atoms with E-state index in [2.05, 4.69) is 0 Å². The fourth-order valence-electron chi connectivity index (χ4n) is 2.52. The molecule has 0 aliphatic rings. The molecule has 0 spiro atoms. The average Bonchev–Trinajstić information content (AvgIpc) is 2.79. The van der Waals surface area contributed by atoms with Gasteiger partial charge in [0.1, 0.15) is 0 Å². The van der Waals surface area contributed by atoms with Crippen molar-refractivity contribution in [2.24, 2.45) is 0 Å². The van der Waals surface area contributed by atoms with E-state index in [1.807, 2.05) is 4.72 Å². The summed E-state index contributed by atoms with van der Waals surface area (Å²) >= 11 is 0. The number of benzene rings is 1. The first kappa shape index (κ1) is 15.0. The van der Waals surface area contributed by atoms with Crippen LogP contribution < -0.4 is 4.72 Å². The fourth-order valence-corrected chi connectivity index (χ4v) is 2.98. The molecule has 3 rings (SSSR count). The highest BCUT2D eigenvalue weighted by Crippen LogP contribution is 2.27. The Balaban J connectivity index is 2.27. The van der Waals surface area contributed by atoms with Gasteiger partial charge in [-0.25, -0.2) is 17.9 Å². The molecule has 23 heavy (non-hydrogen) atoms. The number of nitrogens with one attached hydrogen (secondary N) is 1. The number of pyridine rings is 1. The Bertz CT molecular complexity index is 1070. The number of carbonyl (C=O) groups excluding carboxylic acids is 1.